The molecule has 1 saturated heterocycles. The number of fused-ring (bicyclic) bond motifs is 1. The van der Waals surface area contributed by atoms with E-state index in [-0.39, 0.29) is 24.5 Å². The predicted octanol–water partition coefficient (Wildman–Crippen LogP) is 2.92. The summed E-state index contributed by atoms with van der Waals surface area (Å²) in [5, 5.41) is 0. The first kappa shape index (κ1) is 14.8. The number of amides is 1. The molecule has 2 aliphatic rings. The third kappa shape index (κ3) is 2.44. The molecule has 24 heavy (non-hydrogen) atoms. The maximum absolute atomic E-state index is 12.8. The molecule has 0 spiro atoms. The minimum Gasteiger partial charge on any atom is -0.454 e. The average Bonchev–Trinajstić information content (AvgIpc) is 3.31. The van der Waals surface area contributed by atoms with E-state index in [1.54, 1.807) is 12.3 Å². The zero-order chi connectivity index (χ0) is 16.7. The summed E-state index contributed by atoms with van der Waals surface area (Å²) in [6.07, 6.45) is 3.44. The zero-order valence-electron chi connectivity index (χ0n) is 13.4. The summed E-state index contributed by atoms with van der Waals surface area (Å²) < 4.78 is 10.8. The molecule has 4 rings (SSSR count). The number of carbonyl (C=O) groups is 2. The first-order valence-electron chi connectivity index (χ1n) is 8.03. The Balaban J connectivity index is 1.60. The molecule has 0 bridgehead atoms. The average molecular weight is 326 g/mol. The van der Waals surface area contributed by atoms with Crippen LogP contribution in [0.1, 0.15) is 52.2 Å². The molecule has 0 unspecified atom stereocenters. The summed E-state index contributed by atoms with van der Waals surface area (Å²) in [4.78, 5) is 29.0. The van der Waals surface area contributed by atoms with Gasteiger partial charge in [-0.1, -0.05) is 6.07 Å². The van der Waals surface area contributed by atoms with Crippen LogP contribution in [0, 0.1) is 0 Å². The highest BCUT2D eigenvalue weighted by Gasteiger charge is 2.32. The lowest BCUT2D eigenvalue weighted by Gasteiger charge is -2.24. The number of Topliss-reactive ketones (excluding diaryl/α,β-unsaturated/α-hetero) is 1. The van der Waals surface area contributed by atoms with E-state index in [0.29, 0.717) is 17.8 Å². The van der Waals surface area contributed by atoms with Gasteiger partial charge in [-0.2, -0.15) is 0 Å². The molecule has 124 valence electrons. The normalized spacial score (nSPS) is 18.9. The highest BCUT2D eigenvalue weighted by Crippen LogP contribution is 2.39. The van der Waals surface area contributed by atoms with E-state index in [1.807, 2.05) is 23.1 Å². The lowest BCUT2D eigenvalue weighted by Crippen LogP contribution is -2.30. The van der Waals surface area contributed by atoms with Gasteiger partial charge in [0.15, 0.2) is 17.3 Å². The summed E-state index contributed by atoms with van der Waals surface area (Å²) in [5.74, 6) is 1.33. The molecule has 1 aromatic carbocycles. The van der Waals surface area contributed by atoms with Gasteiger partial charge in [-0.05, 0) is 43.5 Å². The molecule has 2 aromatic rings. The van der Waals surface area contributed by atoms with Crippen molar-refractivity contribution < 1.29 is 19.1 Å². The second-order valence-corrected chi connectivity index (χ2v) is 6.13. The molecular formula is C18H18N2O4. The van der Waals surface area contributed by atoms with E-state index in [2.05, 4.69) is 4.98 Å². The number of ether oxygens (including phenoxy) is 2. The molecule has 1 aromatic heterocycles. The van der Waals surface area contributed by atoms with Crippen molar-refractivity contribution in [3.63, 3.8) is 0 Å². The second-order valence-electron chi connectivity index (χ2n) is 6.13. The van der Waals surface area contributed by atoms with E-state index in [0.717, 1.165) is 29.9 Å². The van der Waals surface area contributed by atoms with E-state index >= 15 is 0 Å². The lowest BCUT2D eigenvalue weighted by molar-refractivity contribution is 0.0730. The molecule has 2 aliphatic heterocycles. The fraction of sp³-hybridized carbons (Fsp3) is 0.333. The van der Waals surface area contributed by atoms with Crippen LogP contribution in [-0.2, 0) is 0 Å². The second kappa shape index (κ2) is 5.70. The number of carbonyl (C=O) groups excluding carboxylic acids is 2. The smallest absolute Gasteiger partial charge is 0.270 e. The standard InChI is InChI=1S/C18H18N2O4/c1-11(21)13-7-14(19-9-13)18(22)20-6-2-3-15(20)12-4-5-16-17(8-12)24-10-23-16/h4-5,7-9,15,19H,2-3,6,10H2,1H3/t15-/m0/s1. The minimum atomic E-state index is -0.0809. The van der Waals surface area contributed by atoms with Crippen LogP contribution in [0.3, 0.4) is 0 Å². The summed E-state index contributed by atoms with van der Waals surface area (Å²) in [6.45, 7) is 2.43. The minimum absolute atomic E-state index is 0.0103. The van der Waals surface area contributed by atoms with Gasteiger partial charge in [0.2, 0.25) is 6.79 Å². The van der Waals surface area contributed by atoms with Gasteiger partial charge in [0.25, 0.3) is 5.91 Å². The van der Waals surface area contributed by atoms with Crippen LogP contribution in [0.5, 0.6) is 11.5 Å². The highest BCUT2D eigenvalue weighted by atomic mass is 16.7. The molecule has 1 fully saturated rings. The maximum atomic E-state index is 12.8. The predicted molar refractivity (Wildman–Crippen MR) is 86.4 cm³/mol. The number of aromatic nitrogens is 1. The number of rotatable bonds is 3. The van der Waals surface area contributed by atoms with E-state index in [1.165, 1.54) is 6.92 Å². The molecular weight excluding hydrogens is 308 g/mol. The first-order chi connectivity index (χ1) is 11.6. The molecule has 1 N–H and O–H groups in total. The van der Waals surface area contributed by atoms with Crippen LogP contribution >= 0.6 is 0 Å². The Labute approximate surface area is 139 Å². The van der Waals surface area contributed by atoms with Crippen molar-refractivity contribution in [2.75, 3.05) is 13.3 Å². The van der Waals surface area contributed by atoms with Crippen LogP contribution in [0.2, 0.25) is 0 Å². The Morgan fingerprint density at radius 1 is 1.21 bits per heavy atom. The fourth-order valence-corrected chi connectivity index (χ4v) is 3.35. The number of benzene rings is 1. The first-order valence-corrected chi connectivity index (χ1v) is 8.03. The molecule has 0 radical (unpaired) electrons. The highest BCUT2D eigenvalue weighted by molar-refractivity contribution is 5.99. The monoisotopic (exact) mass is 326 g/mol. The molecule has 1 amide bonds. The van der Waals surface area contributed by atoms with Gasteiger partial charge in [0.05, 0.1) is 6.04 Å². The molecule has 0 saturated carbocycles. The molecule has 6 nitrogen and oxygen atoms in total. The summed E-state index contributed by atoms with van der Waals surface area (Å²) in [7, 11) is 0. The third-order valence-electron chi connectivity index (χ3n) is 4.62. The quantitative estimate of drug-likeness (QED) is 0.880. The Hall–Kier alpha value is -2.76. The van der Waals surface area contributed by atoms with Gasteiger partial charge in [-0.15, -0.1) is 0 Å². The molecule has 3 heterocycles. The number of ketones is 1. The number of H-pyrrole nitrogens is 1. The Morgan fingerprint density at radius 2 is 2.04 bits per heavy atom. The van der Waals surface area contributed by atoms with Crippen molar-refractivity contribution in [2.24, 2.45) is 0 Å². The van der Waals surface area contributed by atoms with Crippen LogP contribution < -0.4 is 9.47 Å². The fourth-order valence-electron chi connectivity index (χ4n) is 3.35. The summed E-state index contributed by atoms with van der Waals surface area (Å²) in [6, 6.07) is 7.46. The van der Waals surface area contributed by atoms with Gasteiger partial charge in [0, 0.05) is 18.3 Å². The van der Waals surface area contributed by atoms with E-state index in [9.17, 15) is 9.59 Å². The van der Waals surface area contributed by atoms with E-state index in [4.69, 9.17) is 9.47 Å². The number of hydrogen-bond acceptors (Lipinski definition) is 4. The van der Waals surface area contributed by atoms with Crippen molar-refractivity contribution in [3.05, 3.63) is 47.3 Å². The molecule has 1 atom stereocenters. The van der Waals surface area contributed by atoms with Gasteiger partial charge >= 0.3 is 0 Å². The van der Waals surface area contributed by atoms with Gasteiger partial charge < -0.3 is 19.4 Å². The Kier molecular flexibility index (Phi) is 3.52. The van der Waals surface area contributed by atoms with Crippen LogP contribution in [0.4, 0.5) is 0 Å². The summed E-state index contributed by atoms with van der Waals surface area (Å²) >= 11 is 0. The van der Waals surface area contributed by atoms with Crippen molar-refractivity contribution in [3.8, 4) is 11.5 Å². The molecule has 6 heteroatoms. The Bertz CT molecular complexity index is 811. The van der Waals surface area contributed by atoms with Crippen molar-refractivity contribution in [1.82, 2.24) is 9.88 Å². The number of hydrogen-bond donors (Lipinski definition) is 1. The Morgan fingerprint density at radius 3 is 2.83 bits per heavy atom. The van der Waals surface area contributed by atoms with Gasteiger partial charge in [-0.25, -0.2) is 0 Å². The number of aromatic amines is 1. The number of nitrogens with one attached hydrogen (secondary N) is 1. The summed E-state index contributed by atoms with van der Waals surface area (Å²) in [5.41, 5.74) is 2.02. The van der Waals surface area contributed by atoms with Crippen LogP contribution in [0.25, 0.3) is 0 Å². The largest absolute Gasteiger partial charge is 0.454 e. The topological polar surface area (TPSA) is 71.6 Å². The van der Waals surface area contributed by atoms with E-state index < -0.39 is 0 Å². The van der Waals surface area contributed by atoms with Crippen molar-refractivity contribution in [1.29, 1.82) is 0 Å². The third-order valence-corrected chi connectivity index (χ3v) is 4.62. The lowest BCUT2D eigenvalue weighted by atomic mass is 10.0. The van der Waals surface area contributed by atoms with Crippen LogP contribution in [-0.4, -0.2) is 34.9 Å². The van der Waals surface area contributed by atoms with Gasteiger partial charge in [-0.3, -0.25) is 9.59 Å². The maximum Gasteiger partial charge on any atom is 0.270 e. The SMILES string of the molecule is CC(=O)c1c[nH]c(C(=O)N2CCC[C@H]2c2ccc3c(c2)OCO3)c1. The number of likely N-dealkylation sites (tertiary alicyclic amines) is 1. The van der Waals surface area contributed by atoms with Crippen molar-refractivity contribution >= 4 is 11.7 Å². The van der Waals surface area contributed by atoms with Crippen LogP contribution in [0.15, 0.2) is 30.5 Å². The zero-order valence-corrected chi connectivity index (χ0v) is 13.4. The van der Waals surface area contributed by atoms with Gasteiger partial charge in [0.1, 0.15) is 5.69 Å². The molecule has 0 aliphatic carbocycles. The van der Waals surface area contributed by atoms with Crippen molar-refractivity contribution in [2.45, 2.75) is 25.8 Å². The number of nitrogens with zero attached hydrogens (tertiary/aromatic N) is 1.